The van der Waals surface area contributed by atoms with E-state index in [9.17, 15) is 18.0 Å². The minimum atomic E-state index is -4.36. The zero-order valence-electron chi connectivity index (χ0n) is 10.8. The molecule has 2 amide bonds. The number of carbonyl (C=O) groups is 1. The molecule has 4 rings (SSSR count). The lowest BCUT2D eigenvalue weighted by Crippen LogP contribution is -2.69. The summed E-state index contributed by atoms with van der Waals surface area (Å²) in [7, 11) is 0. The summed E-state index contributed by atoms with van der Waals surface area (Å²) in [5.74, 6) is 0.763. The first-order valence-electron chi connectivity index (χ1n) is 6.58. The van der Waals surface area contributed by atoms with Crippen LogP contribution in [0.25, 0.3) is 0 Å². The summed E-state index contributed by atoms with van der Waals surface area (Å²) >= 11 is 0. The molecule has 1 aromatic rings. The molecule has 1 aromatic carbocycles. The third-order valence-corrected chi connectivity index (χ3v) is 4.12. The Morgan fingerprint density at radius 3 is 2.55 bits per heavy atom. The van der Waals surface area contributed by atoms with E-state index in [1.165, 1.54) is 6.07 Å². The molecule has 0 aliphatic heterocycles. The Kier molecular flexibility index (Phi) is 2.92. The number of nitrogens with one attached hydrogen (secondary N) is 2. The Bertz CT molecular complexity index is 524. The van der Waals surface area contributed by atoms with Gasteiger partial charge in [0.1, 0.15) is 0 Å². The molecule has 6 heteroatoms. The van der Waals surface area contributed by atoms with Crippen molar-refractivity contribution in [2.45, 2.75) is 37.5 Å². The van der Waals surface area contributed by atoms with Gasteiger partial charge in [-0.2, -0.15) is 13.2 Å². The number of amides is 2. The van der Waals surface area contributed by atoms with Crippen molar-refractivity contribution >= 4 is 6.03 Å². The van der Waals surface area contributed by atoms with E-state index in [2.05, 4.69) is 10.6 Å². The first kappa shape index (κ1) is 13.3. The summed E-state index contributed by atoms with van der Waals surface area (Å²) in [6, 6.07) is 4.68. The van der Waals surface area contributed by atoms with Gasteiger partial charge in [-0.25, -0.2) is 4.79 Å². The largest absolute Gasteiger partial charge is 0.416 e. The molecule has 0 saturated heterocycles. The van der Waals surface area contributed by atoms with Crippen molar-refractivity contribution in [1.82, 2.24) is 10.6 Å². The van der Waals surface area contributed by atoms with Crippen molar-refractivity contribution < 1.29 is 18.0 Å². The fourth-order valence-electron chi connectivity index (χ4n) is 2.96. The Labute approximate surface area is 114 Å². The van der Waals surface area contributed by atoms with E-state index in [0.717, 1.165) is 37.3 Å². The summed E-state index contributed by atoms with van der Waals surface area (Å²) in [4.78, 5) is 11.7. The Morgan fingerprint density at radius 1 is 1.30 bits per heavy atom. The molecule has 0 spiro atoms. The lowest BCUT2D eigenvalue weighted by Gasteiger charge is -2.61. The van der Waals surface area contributed by atoms with Gasteiger partial charge in [-0.3, -0.25) is 0 Å². The van der Waals surface area contributed by atoms with Crippen LogP contribution in [0, 0.1) is 5.92 Å². The molecule has 108 valence electrons. The topological polar surface area (TPSA) is 41.1 Å². The average molecular weight is 284 g/mol. The summed E-state index contributed by atoms with van der Waals surface area (Å²) < 4.78 is 37.6. The number of rotatable bonds is 3. The molecule has 3 aliphatic carbocycles. The van der Waals surface area contributed by atoms with E-state index in [-0.39, 0.29) is 18.1 Å². The summed E-state index contributed by atoms with van der Waals surface area (Å²) in [6.07, 6.45) is -1.26. The standard InChI is InChI=1S/C14H15F3N2O/c15-14(16,17)11-3-1-2-9(4-11)8-18-12(20)19-13-5-10(6-13)7-13/h1-4,10H,5-8H2,(H2,18,19,20). The highest BCUT2D eigenvalue weighted by molar-refractivity contribution is 5.75. The van der Waals surface area contributed by atoms with Crippen LogP contribution in [0.2, 0.25) is 0 Å². The highest BCUT2D eigenvalue weighted by atomic mass is 19.4. The van der Waals surface area contributed by atoms with Gasteiger partial charge in [0, 0.05) is 12.1 Å². The molecule has 3 aliphatic rings. The van der Waals surface area contributed by atoms with E-state index < -0.39 is 11.7 Å². The van der Waals surface area contributed by atoms with Gasteiger partial charge in [0.2, 0.25) is 0 Å². The first-order valence-corrected chi connectivity index (χ1v) is 6.58. The fraction of sp³-hybridized carbons (Fsp3) is 0.500. The molecular formula is C14H15F3N2O. The number of halogens is 3. The summed E-state index contributed by atoms with van der Waals surface area (Å²) in [5.41, 5.74) is -0.285. The predicted octanol–water partition coefficient (Wildman–Crippen LogP) is 3.06. The number of hydrogen-bond donors (Lipinski definition) is 2. The van der Waals surface area contributed by atoms with Gasteiger partial charge in [-0.05, 0) is 42.9 Å². The molecule has 2 N–H and O–H groups in total. The molecule has 0 unspecified atom stereocenters. The van der Waals surface area contributed by atoms with Crippen molar-refractivity contribution in [2.75, 3.05) is 0 Å². The van der Waals surface area contributed by atoms with Crippen LogP contribution < -0.4 is 10.6 Å². The molecule has 3 saturated carbocycles. The zero-order valence-corrected chi connectivity index (χ0v) is 10.8. The highest BCUT2D eigenvalue weighted by Gasteiger charge is 2.57. The quantitative estimate of drug-likeness (QED) is 0.880. The number of urea groups is 1. The Balaban J connectivity index is 1.54. The second-order valence-electron chi connectivity index (χ2n) is 5.76. The van der Waals surface area contributed by atoms with Crippen molar-refractivity contribution in [3.05, 3.63) is 35.4 Å². The lowest BCUT2D eigenvalue weighted by molar-refractivity contribution is -0.137. The van der Waals surface area contributed by atoms with Gasteiger partial charge in [0.05, 0.1) is 5.56 Å². The molecule has 0 atom stereocenters. The first-order chi connectivity index (χ1) is 9.36. The summed E-state index contributed by atoms with van der Waals surface area (Å²) in [5, 5.41) is 5.51. The molecular weight excluding hydrogens is 269 g/mol. The number of carbonyl (C=O) groups excluding carboxylic acids is 1. The maximum absolute atomic E-state index is 12.5. The average Bonchev–Trinajstić information content (AvgIpc) is 2.29. The van der Waals surface area contributed by atoms with Crippen LogP contribution in [0.15, 0.2) is 24.3 Å². The van der Waals surface area contributed by atoms with Gasteiger partial charge in [-0.15, -0.1) is 0 Å². The maximum Gasteiger partial charge on any atom is 0.416 e. The molecule has 0 aromatic heterocycles. The monoisotopic (exact) mass is 284 g/mol. The van der Waals surface area contributed by atoms with Crippen LogP contribution in [0.4, 0.5) is 18.0 Å². The van der Waals surface area contributed by atoms with E-state index in [0.29, 0.717) is 5.56 Å². The summed E-state index contributed by atoms with van der Waals surface area (Å²) in [6.45, 7) is 0.0925. The van der Waals surface area contributed by atoms with Gasteiger partial charge in [0.15, 0.2) is 0 Å². The van der Waals surface area contributed by atoms with Crippen molar-refractivity contribution in [2.24, 2.45) is 5.92 Å². The highest BCUT2D eigenvalue weighted by Crippen LogP contribution is 2.56. The Hall–Kier alpha value is -1.72. The zero-order chi connectivity index (χ0) is 14.4. The second kappa shape index (κ2) is 4.40. The number of alkyl halides is 3. The van der Waals surface area contributed by atoms with Crippen LogP contribution in [-0.2, 0) is 12.7 Å². The maximum atomic E-state index is 12.5. The normalized spacial score (nSPS) is 27.2. The van der Waals surface area contributed by atoms with E-state index in [1.54, 1.807) is 6.07 Å². The second-order valence-corrected chi connectivity index (χ2v) is 5.76. The Morgan fingerprint density at radius 2 is 2.00 bits per heavy atom. The van der Waals surface area contributed by atoms with Crippen molar-refractivity contribution in [3.8, 4) is 0 Å². The van der Waals surface area contributed by atoms with Gasteiger partial charge in [-0.1, -0.05) is 12.1 Å². The third-order valence-electron chi connectivity index (χ3n) is 4.12. The van der Waals surface area contributed by atoms with Crippen LogP contribution >= 0.6 is 0 Å². The van der Waals surface area contributed by atoms with Gasteiger partial charge >= 0.3 is 12.2 Å². The van der Waals surface area contributed by atoms with E-state index >= 15 is 0 Å². The molecule has 2 bridgehead atoms. The van der Waals surface area contributed by atoms with Crippen LogP contribution in [-0.4, -0.2) is 11.6 Å². The smallest absolute Gasteiger partial charge is 0.334 e. The van der Waals surface area contributed by atoms with Crippen LogP contribution in [0.5, 0.6) is 0 Å². The SMILES string of the molecule is O=C(NCc1cccc(C(F)(F)F)c1)NC12CC(C1)C2. The minimum absolute atomic E-state index is 0.0252. The van der Waals surface area contributed by atoms with Gasteiger partial charge in [0.25, 0.3) is 0 Å². The van der Waals surface area contributed by atoms with Gasteiger partial charge < -0.3 is 10.6 Å². The van der Waals surface area contributed by atoms with Crippen LogP contribution in [0.3, 0.4) is 0 Å². The lowest BCUT2D eigenvalue weighted by atomic mass is 9.50. The molecule has 0 heterocycles. The molecule has 3 fully saturated rings. The molecule has 20 heavy (non-hydrogen) atoms. The van der Waals surface area contributed by atoms with E-state index in [1.807, 2.05) is 0 Å². The minimum Gasteiger partial charge on any atom is -0.334 e. The van der Waals surface area contributed by atoms with E-state index in [4.69, 9.17) is 0 Å². The fourth-order valence-corrected chi connectivity index (χ4v) is 2.96. The number of benzene rings is 1. The molecule has 3 nitrogen and oxygen atoms in total. The van der Waals surface area contributed by atoms with Crippen LogP contribution in [0.1, 0.15) is 30.4 Å². The predicted molar refractivity (Wildman–Crippen MR) is 66.9 cm³/mol. The van der Waals surface area contributed by atoms with Crippen molar-refractivity contribution in [1.29, 1.82) is 0 Å². The van der Waals surface area contributed by atoms with Crippen molar-refractivity contribution in [3.63, 3.8) is 0 Å². The third kappa shape index (κ3) is 2.46. The molecule has 0 radical (unpaired) electrons. The number of hydrogen-bond acceptors (Lipinski definition) is 1.